The summed E-state index contributed by atoms with van der Waals surface area (Å²) in [6, 6.07) is 5.12. The minimum absolute atomic E-state index is 0. The molecule has 0 saturated heterocycles. The summed E-state index contributed by atoms with van der Waals surface area (Å²) in [7, 11) is 0.333. The number of hydrogen-bond acceptors (Lipinski definition) is 8. The second-order valence-electron chi connectivity index (χ2n) is 12.1. The largest absolute Gasteiger partial charge is 0.573 e. The molecule has 2 aromatic carbocycles. The van der Waals surface area contributed by atoms with E-state index in [4.69, 9.17) is 9.15 Å². The van der Waals surface area contributed by atoms with Gasteiger partial charge in [-0.3, -0.25) is 9.00 Å². The molecule has 5 rings (SSSR count). The first-order valence-corrected chi connectivity index (χ1v) is 17.5. The van der Waals surface area contributed by atoms with E-state index in [0.717, 1.165) is 29.2 Å². The number of nitrogens with one attached hydrogen (secondary N) is 1. The summed E-state index contributed by atoms with van der Waals surface area (Å²) in [6.07, 6.45) is -5.37. The Labute approximate surface area is 284 Å². The molecule has 1 N–H and O–H groups in total. The van der Waals surface area contributed by atoms with Crippen LogP contribution in [-0.4, -0.2) is 62.8 Å². The van der Waals surface area contributed by atoms with Gasteiger partial charge in [-0.1, -0.05) is 25.2 Å². The lowest BCUT2D eigenvalue weighted by molar-refractivity contribution is -0.274. The molecule has 0 spiro atoms. The number of amides is 2. The lowest BCUT2D eigenvalue weighted by atomic mass is 9.85. The third-order valence-corrected chi connectivity index (χ3v) is 8.84. The molecular weight excluding hydrogens is 701 g/mol. The van der Waals surface area contributed by atoms with E-state index >= 15 is 4.39 Å². The highest BCUT2D eigenvalue weighted by Gasteiger charge is 2.46. The molecule has 10 nitrogen and oxygen atoms in total. The molecule has 1 aliphatic heterocycles. The molecule has 3 unspecified atom stereocenters. The number of carbonyl (C=O) groups excluding carboxylic acids is 2. The third kappa shape index (κ3) is 9.50. The third-order valence-electron chi connectivity index (χ3n) is 7.39. The minimum Gasteiger partial charge on any atom is -0.444 e. The van der Waals surface area contributed by atoms with Gasteiger partial charge in [-0.15, -0.1) is 32.6 Å². The average Bonchev–Trinajstić information content (AvgIpc) is 3.45. The maximum absolute atomic E-state index is 15.6. The molecule has 1 fully saturated rings. The number of carbonyl (C=O) groups is 2. The van der Waals surface area contributed by atoms with Crippen molar-refractivity contribution in [2.75, 3.05) is 17.3 Å². The second kappa shape index (κ2) is 15.0. The van der Waals surface area contributed by atoms with E-state index < -0.39 is 75.9 Å². The summed E-state index contributed by atoms with van der Waals surface area (Å²) in [6.45, 7) is 6.36. The molecule has 4 atom stereocenters. The SMILES string of the molecule is CC(C)(C)OC(=O)N[C@H]1CS(=O)c2cc(F)c(-c3nnc(C4CCCCC4(F)F)o3)cc2N(Cc2ccc(OC(F)(F)F)cc2)C1=O.CP.[HH]. The van der Waals surface area contributed by atoms with E-state index in [1.165, 1.54) is 12.1 Å². The van der Waals surface area contributed by atoms with E-state index in [2.05, 4.69) is 29.5 Å². The van der Waals surface area contributed by atoms with Crippen molar-refractivity contribution >= 4 is 37.7 Å². The van der Waals surface area contributed by atoms with Gasteiger partial charge in [0.1, 0.15) is 29.1 Å². The van der Waals surface area contributed by atoms with Gasteiger partial charge in [0.2, 0.25) is 5.89 Å². The standard InChI is InChI=1S/C30H30F6N4O6S.CH5P.H2/c1-28(2,3)46-27(42)37-21-15-47(43)23-13-20(31)18(24-38-39-25(44-24)19-6-4-5-11-29(19,32)33)12-22(23)40(26(21)41)14-16-7-9-17(10-8-16)45-30(34,35)36;1-2;/h7-10,12-13,19,21H,4-6,11,14-15H2,1-3H3,(H,37,42);2H2,1H3;1H/t19?,21-,47?;;/m0../s1. The van der Waals surface area contributed by atoms with E-state index in [0.29, 0.717) is 12.8 Å². The van der Waals surface area contributed by atoms with Crippen LogP contribution in [0.25, 0.3) is 11.5 Å². The Morgan fingerprint density at radius 2 is 1.82 bits per heavy atom. The van der Waals surface area contributed by atoms with Crippen LogP contribution in [0.5, 0.6) is 5.75 Å². The molecule has 2 aliphatic rings. The van der Waals surface area contributed by atoms with E-state index in [1.807, 2.05) is 6.66 Å². The molecule has 1 aliphatic carbocycles. The number of alkyl carbamates (subject to hydrolysis) is 1. The number of hydrogen-bond donors (Lipinski definition) is 1. The molecule has 0 radical (unpaired) electrons. The Morgan fingerprint density at radius 3 is 2.43 bits per heavy atom. The van der Waals surface area contributed by atoms with Crippen molar-refractivity contribution in [3.8, 4) is 17.2 Å². The smallest absolute Gasteiger partial charge is 0.444 e. The second-order valence-corrected chi connectivity index (χ2v) is 13.6. The number of benzene rings is 2. The summed E-state index contributed by atoms with van der Waals surface area (Å²) in [4.78, 5) is 27.5. The first-order chi connectivity index (χ1) is 22.9. The minimum atomic E-state index is -4.94. The maximum atomic E-state index is 15.6. The molecule has 270 valence electrons. The molecule has 49 heavy (non-hydrogen) atoms. The molecule has 1 aromatic heterocycles. The predicted octanol–water partition coefficient (Wildman–Crippen LogP) is 7.35. The Balaban J connectivity index is 0.00000221. The summed E-state index contributed by atoms with van der Waals surface area (Å²) in [5.41, 5.74) is -1.13. The number of halogens is 6. The topological polar surface area (TPSA) is 124 Å². The van der Waals surface area contributed by atoms with Crippen LogP contribution >= 0.6 is 9.24 Å². The highest BCUT2D eigenvalue weighted by molar-refractivity contribution is 7.85. The first kappa shape index (κ1) is 38.1. The van der Waals surface area contributed by atoms with Gasteiger partial charge in [0.05, 0.1) is 39.2 Å². The number of anilines is 1. The summed E-state index contributed by atoms with van der Waals surface area (Å²) in [5, 5.41) is 9.93. The van der Waals surface area contributed by atoms with Crippen LogP contribution in [-0.2, 0) is 26.9 Å². The highest BCUT2D eigenvalue weighted by atomic mass is 32.2. The number of nitrogens with zero attached hydrogens (tertiary/aromatic N) is 3. The summed E-state index contributed by atoms with van der Waals surface area (Å²) in [5.74, 6) is -8.09. The van der Waals surface area contributed by atoms with Crippen molar-refractivity contribution in [2.45, 2.75) is 87.7 Å². The van der Waals surface area contributed by atoms with Gasteiger partial charge in [-0.05, 0) is 63.4 Å². The number of fused-ring (bicyclic) bond motifs is 1. The molecule has 3 aromatic rings. The fraction of sp³-hybridized carbons (Fsp3) is 0.484. The number of ether oxygens (including phenoxy) is 2. The lowest BCUT2D eigenvalue weighted by Gasteiger charge is -2.28. The summed E-state index contributed by atoms with van der Waals surface area (Å²) < 4.78 is 111. The predicted molar refractivity (Wildman–Crippen MR) is 172 cm³/mol. The Bertz CT molecular complexity index is 1690. The van der Waals surface area contributed by atoms with Crippen LogP contribution in [0.3, 0.4) is 0 Å². The van der Waals surface area contributed by atoms with Crippen molar-refractivity contribution < 1.29 is 55.5 Å². The summed E-state index contributed by atoms with van der Waals surface area (Å²) >= 11 is 0. The van der Waals surface area contributed by atoms with Gasteiger partial charge in [-0.2, -0.15) is 0 Å². The Kier molecular flexibility index (Phi) is 11.7. The molecule has 2 heterocycles. The molecule has 0 bridgehead atoms. The van der Waals surface area contributed by atoms with Crippen LogP contribution in [0.4, 0.5) is 36.8 Å². The van der Waals surface area contributed by atoms with Crippen molar-refractivity contribution in [3.05, 3.63) is 53.7 Å². The van der Waals surface area contributed by atoms with Crippen molar-refractivity contribution in [2.24, 2.45) is 0 Å². The van der Waals surface area contributed by atoms with Gasteiger partial charge in [0.15, 0.2) is 0 Å². The average molecular weight is 739 g/mol. The zero-order valence-electron chi connectivity index (χ0n) is 26.9. The van der Waals surface area contributed by atoms with E-state index in [1.54, 1.807) is 20.8 Å². The van der Waals surface area contributed by atoms with Gasteiger partial charge in [0.25, 0.3) is 17.7 Å². The first-order valence-electron chi connectivity index (χ1n) is 15.1. The molecule has 18 heteroatoms. The fourth-order valence-electron chi connectivity index (χ4n) is 5.30. The number of alkyl halides is 5. The van der Waals surface area contributed by atoms with Crippen LogP contribution in [0.2, 0.25) is 0 Å². The number of aromatic nitrogens is 2. The van der Waals surface area contributed by atoms with E-state index in [9.17, 15) is 35.8 Å². The van der Waals surface area contributed by atoms with E-state index in [-0.39, 0.29) is 48.4 Å². The Hall–Kier alpha value is -3.72. The van der Waals surface area contributed by atoms with Crippen molar-refractivity contribution in [3.63, 3.8) is 0 Å². The van der Waals surface area contributed by atoms with Crippen LogP contribution < -0.4 is 15.0 Å². The fourth-order valence-corrected chi connectivity index (χ4v) is 6.64. The van der Waals surface area contributed by atoms with Gasteiger partial charge >= 0.3 is 12.5 Å². The highest BCUT2D eigenvalue weighted by Crippen LogP contribution is 2.45. The van der Waals surface area contributed by atoms with Crippen molar-refractivity contribution in [1.29, 1.82) is 0 Å². The molecular formula is C31H37F6N4O6PS. The van der Waals surface area contributed by atoms with Gasteiger partial charge in [-0.25, -0.2) is 18.0 Å². The van der Waals surface area contributed by atoms with Gasteiger partial charge in [0, 0.05) is 7.85 Å². The monoisotopic (exact) mass is 738 g/mol. The normalized spacial score (nSPS) is 20.8. The maximum Gasteiger partial charge on any atom is 0.573 e. The van der Waals surface area contributed by atoms with Crippen molar-refractivity contribution in [1.82, 2.24) is 15.5 Å². The number of rotatable bonds is 6. The van der Waals surface area contributed by atoms with Crippen LogP contribution in [0, 0.1) is 5.82 Å². The zero-order chi connectivity index (χ0) is 36.3. The zero-order valence-corrected chi connectivity index (χ0v) is 28.9. The molecule has 1 saturated carbocycles. The van der Waals surface area contributed by atoms with Gasteiger partial charge < -0.3 is 24.1 Å². The Morgan fingerprint density at radius 1 is 1.14 bits per heavy atom. The van der Waals surface area contributed by atoms with Crippen LogP contribution in [0.1, 0.15) is 65.3 Å². The quantitative estimate of drug-likeness (QED) is 0.206. The molecule has 2 amide bonds. The van der Waals surface area contributed by atoms with Crippen LogP contribution in [0.15, 0.2) is 45.7 Å². The lowest BCUT2D eigenvalue weighted by Crippen LogP contribution is -2.51.